The fourth-order valence-corrected chi connectivity index (χ4v) is 4.39. The van der Waals surface area contributed by atoms with Crippen molar-refractivity contribution in [3.8, 4) is 0 Å². The Morgan fingerprint density at radius 3 is 2.42 bits per heavy atom. The smallest absolute Gasteiger partial charge is 0.220 e. The Hall–Kier alpha value is -2.28. The van der Waals surface area contributed by atoms with Gasteiger partial charge in [-0.05, 0) is 54.8 Å². The van der Waals surface area contributed by atoms with Gasteiger partial charge in [-0.15, -0.1) is 5.10 Å². The molecule has 2 heterocycles. The Labute approximate surface area is 153 Å². The van der Waals surface area contributed by atoms with Crippen LogP contribution in [0.2, 0.25) is 0 Å². The molecule has 1 atom stereocenters. The van der Waals surface area contributed by atoms with E-state index < -0.39 is 0 Å². The highest BCUT2D eigenvalue weighted by atomic mass is 16.1. The molecule has 7 heteroatoms. The molecule has 1 saturated heterocycles. The van der Waals surface area contributed by atoms with Crippen molar-refractivity contribution in [3.63, 3.8) is 0 Å². The van der Waals surface area contributed by atoms with Crippen LogP contribution in [-0.4, -0.2) is 44.1 Å². The summed E-state index contributed by atoms with van der Waals surface area (Å²) in [4.78, 5) is 13.9. The van der Waals surface area contributed by atoms with Crippen LogP contribution in [0.1, 0.15) is 62.0 Å². The highest BCUT2D eigenvalue weighted by Crippen LogP contribution is 2.35. The number of nitrogens with zero attached hydrogens (tertiary/aromatic N) is 5. The van der Waals surface area contributed by atoms with Gasteiger partial charge in [-0.25, -0.2) is 4.68 Å². The number of carbonyl (C=O) groups excluding carboxylic acids is 1. The minimum absolute atomic E-state index is 0.0145. The maximum atomic E-state index is 11.5. The largest absolute Gasteiger partial charge is 0.369 e. The zero-order valence-corrected chi connectivity index (χ0v) is 15.0. The number of nitrogens with two attached hydrogens (primary N) is 1. The summed E-state index contributed by atoms with van der Waals surface area (Å²) < 4.78 is 2.05. The molecule has 138 valence electrons. The Bertz CT molecular complexity index is 731. The van der Waals surface area contributed by atoms with E-state index in [1.807, 2.05) is 10.7 Å². The molecule has 1 aliphatic heterocycles. The predicted octanol–water partition coefficient (Wildman–Crippen LogP) is 2.07. The predicted molar refractivity (Wildman–Crippen MR) is 97.1 cm³/mol. The van der Waals surface area contributed by atoms with E-state index in [0.717, 1.165) is 44.6 Å². The molecule has 26 heavy (non-hydrogen) atoms. The highest BCUT2D eigenvalue weighted by Gasteiger charge is 2.34. The maximum absolute atomic E-state index is 11.5. The standard InChI is InChI=1S/C19H26N6O/c20-18(26)15-10-12-24(13-11-15)17(14-6-2-1-3-7-14)19-21-22-23-25(19)16-8-4-5-9-16/h1-3,6-7,15-17H,4-5,8-13H2,(H2,20,26)/t17-/m0/s1. The van der Waals surface area contributed by atoms with E-state index in [0.29, 0.717) is 6.04 Å². The van der Waals surface area contributed by atoms with Crippen LogP contribution >= 0.6 is 0 Å². The first-order chi connectivity index (χ1) is 12.7. The molecule has 0 bridgehead atoms. The first kappa shape index (κ1) is 17.1. The summed E-state index contributed by atoms with van der Waals surface area (Å²) in [5, 5.41) is 12.8. The van der Waals surface area contributed by atoms with Gasteiger partial charge in [-0.2, -0.15) is 0 Å². The van der Waals surface area contributed by atoms with E-state index in [4.69, 9.17) is 5.73 Å². The van der Waals surface area contributed by atoms with Crippen LogP contribution in [0.5, 0.6) is 0 Å². The molecule has 0 spiro atoms. The van der Waals surface area contributed by atoms with Crippen LogP contribution in [-0.2, 0) is 4.79 Å². The molecule has 0 radical (unpaired) electrons. The van der Waals surface area contributed by atoms with Gasteiger partial charge in [0, 0.05) is 5.92 Å². The SMILES string of the molecule is NC(=O)C1CCN([C@@H](c2ccccc2)c2nnnn2C2CCCC2)CC1. The summed E-state index contributed by atoms with van der Waals surface area (Å²) in [6, 6.07) is 10.8. The van der Waals surface area contributed by atoms with Gasteiger partial charge < -0.3 is 5.73 Å². The second-order valence-electron chi connectivity index (χ2n) is 7.45. The monoisotopic (exact) mass is 354 g/mol. The van der Waals surface area contributed by atoms with E-state index in [1.165, 1.54) is 18.4 Å². The topological polar surface area (TPSA) is 89.9 Å². The molecule has 1 aromatic heterocycles. The Balaban J connectivity index is 1.65. The molecule has 1 saturated carbocycles. The van der Waals surface area contributed by atoms with E-state index in [2.05, 4.69) is 44.7 Å². The van der Waals surface area contributed by atoms with Crippen molar-refractivity contribution in [1.29, 1.82) is 0 Å². The lowest BCUT2D eigenvalue weighted by atomic mass is 9.93. The highest BCUT2D eigenvalue weighted by molar-refractivity contribution is 5.76. The normalized spacial score (nSPS) is 21.1. The molecule has 0 unspecified atom stereocenters. The van der Waals surface area contributed by atoms with E-state index in [-0.39, 0.29) is 17.9 Å². The third kappa shape index (κ3) is 3.35. The summed E-state index contributed by atoms with van der Waals surface area (Å²) in [5.41, 5.74) is 6.70. The van der Waals surface area contributed by atoms with Crippen LogP contribution in [0.15, 0.2) is 30.3 Å². The van der Waals surface area contributed by atoms with Crippen molar-refractivity contribution in [2.75, 3.05) is 13.1 Å². The average Bonchev–Trinajstić information content (AvgIpc) is 3.35. The number of hydrogen-bond donors (Lipinski definition) is 1. The summed E-state index contributed by atoms with van der Waals surface area (Å²) >= 11 is 0. The minimum atomic E-state index is -0.184. The third-order valence-corrected chi connectivity index (χ3v) is 5.85. The molecule has 2 N–H and O–H groups in total. The fraction of sp³-hybridized carbons (Fsp3) is 0.579. The van der Waals surface area contributed by atoms with Crippen molar-refractivity contribution in [1.82, 2.24) is 25.1 Å². The number of hydrogen-bond acceptors (Lipinski definition) is 5. The lowest BCUT2D eigenvalue weighted by Gasteiger charge is -2.36. The number of primary amides is 1. The number of amides is 1. The summed E-state index contributed by atoms with van der Waals surface area (Å²) in [6.45, 7) is 1.65. The van der Waals surface area contributed by atoms with Gasteiger partial charge in [-0.1, -0.05) is 43.2 Å². The molecular formula is C19H26N6O. The first-order valence-electron chi connectivity index (χ1n) is 9.60. The Morgan fingerprint density at radius 2 is 1.77 bits per heavy atom. The van der Waals surface area contributed by atoms with Crippen LogP contribution in [0, 0.1) is 5.92 Å². The number of aromatic nitrogens is 4. The minimum Gasteiger partial charge on any atom is -0.369 e. The molecule has 2 fully saturated rings. The Morgan fingerprint density at radius 1 is 1.08 bits per heavy atom. The number of carbonyl (C=O) groups is 1. The zero-order valence-electron chi connectivity index (χ0n) is 15.0. The third-order valence-electron chi connectivity index (χ3n) is 5.85. The van der Waals surface area contributed by atoms with Crippen molar-refractivity contribution >= 4 is 5.91 Å². The van der Waals surface area contributed by atoms with Crippen molar-refractivity contribution < 1.29 is 4.79 Å². The van der Waals surface area contributed by atoms with Gasteiger partial charge in [-0.3, -0.25) is 9.69 Å². The fourth-order valence-electron chi connectivity index (χ4n) is 4.39. The number of piperidine rings is 1. The average molecular weight is 354 g/mol. The molecule has 1 aromatic carbocycles. The van der Waals surface area contributed by atoms with Crippen LogP contribution in [0.4, 0.5) is 0 Å². The van der Waals surface area contributed by atoms with Gasteiger partial charge in [0.05, 0.1) is 12.1 Å². The number of benzene rings is 1. The van der Waals surface area contributed by atoms with E-state index in [1.54, 1.807) is 0 Å². The zero-order chi connectivity index (χ0) is 17.9. The Kier molecular flexibility index (Phi) is 4.97. The summed E-state index contributed by atoms with van der Waals surface area (Å²) in [6.07, 6.45) is 6.36. The van der Waals surface area contributed by atoms with Gasteiger partial charge in [0.25, 0.3) is 0 Å². The molecule has 2 aliphatic rings. The quantitative estimate of drug-likeness (QED) is 0.888. The molecule has 4 rings (SSSR count). The van der Waals surface area contributed by atoms with Gasteiger partial charge in [0.1, 0.15) is 0 Å². The van der Waals surface area contributed by atoms with Crippen LogP contribution in [0.3, 0.4) is 0 Å². The van der Waals surface area contributed by atoms with Gasteiger partial charge >= 0.3 is 0 Å². The molecule has 1 aliphatic carbocycles. The van der Waals surface area contributed by atoms with Gasteiger partial charge in [0.2, 0.25) is 5.91 Å². The van der Waals surface area contributed by atoms with Crippen molar-refractivity contribution in [3.05, 3.63) is 41.7 Å². The van der Waals surface area contributed by atoms with Crippen LogP contribution < -0.4 is 5.73 Å². The number of likely N-dealkylation sites (tertiary alicyclic amines) is 1. The van der Waals surface area contributed by atoms with Crippen molar-refractivity contribution in [2.24, 2.45) is 11.7 Å². The van der Waals surface area contributed by atoms with Gasteiger partial charge in [0.15, 0.2) is 5.82 Å². The molecular weight excluding hydrogens is 328 g/mol. The first-order valence-corrected chi connectivity index (χ1v) is 9.60. The number of tetrazole rings is 1. The van der Waals surface area contributed by atoms with E-state index in [9.17, 15) is 4.79 Å². The second-order valence-corrected chi connectivity index (χ2v) is 7.45. The molecule has 7 nitrogen and oxygen atoms in total. The van der Waals surface area contributed by atoms with Crippen LogP contribution in [0.25, 0.3) is 0 Å². The summed E-state index contributed by atoms with van der Waals surface area (Å²) in [5.74, 6) is 0.714. The lowest BCUT2D eigenvalue weighted by Crippen LogP contribution is -2.41. The number of rotatable bonds is 5. The van der Waals surface area contributed by atoms with Crippen molar-refractivity contribution in [2.45, 2.75) is 50.6 Å². The lowest BCUT2D eigenvalue weighted by molar-refractivity contribution is -0.123. The molecule has 2 aromatic rings. The molecule has 1 amide bonds. The van der Waals surface area contributed by atoms with E-state index >= 15 is 0 Å². The summed E-state index contributed by atoms with van der Waals surface area (Å²) in [7, 11) is 0. The maximum Gasteiger partial charge on any atom is 0.220 e. The second kappa shape index (κ2) is 7.53.